The quantitative estimate of drug-likeness (QED) is 0.745. The zero-order valence-electron chi connectivity index (χ0n) is 11.7. The van der Waals surface area contributed by atoms with Gasteiger partial charge in [0.2, 0.25) is 0 Å². The van der Waals surface area contributed by atoms with Gasteiger partial charge in [0.25, 0.3) is 11.6 Å². The Balaban J connectivity index is 2.44. The zero-order valence-corrected chi connectivity index (χ0v) is 11.7. The first-order chi connectivity index (χ1) is 9.81. The van der Waals surface area contributed by atoms with Gasteiger partial charge in [0.05, 0.1) is 22.7 Å². The van der Waals surface area contributed by atoms with Gasteiger partial charge in [0.1, 0.15) is 0 Å². The molecular formula is C13H15N3O5. The monoisotopic (exact) mass is 293 g/mol. The number of aryl methyl sites for hydroxylation is 2. The first-order valence-corrected chi connectivity index (χ1v) is 6.26. The number of nitrogens with zero attached hydrogens (tertiary/aromatic N) is 2. The predicted molar refractivity (Wildman–Crippen MR) is 71.8 cm³/mol. The minimum absolute atomic E-state index is 0.210. The number of aliphatic carboxylic acids is 1. The van der Waals surface area contributed by atoms with Crippen LogP contribution in [-0.2, 0) is 4.79 Å². The fourth-order valence-corrected chi connectivity index (χ4v) is 2.00. The number of nitrogens with one attached hydrogen (secondary N) is 1. The maximum atomic E-state index is 12.3. The van der Waals surface area contributed by atoms with E-state index in [9.17, 15) is 14.7 Å². The third-order valence-corrected chi connectivity index (χ3v) is 3.02. The number of fused-ring (bicyclic) bond motifs is 1. The molecule has 2 heterocycles. The number of amides is 1. The van der Waals surface area contributed by atoms with Crippen LogP contribution in [0, 0.1) is 13.8 Å². The van der Waals surface area contributed by atoms with Gasteiger partial charge in [-0.15, -0.1) is 0 Å². The molecule has 0 saturated carbocycles. The predicted octanol–water partition coefficient (Wildman–Crippen LogP) is 0.403. The summed E-state index contributed by atoms with van der Waals surface area (Å²) < 4.78 is 5.01. The summed E-state index contributed by atoms with van der Waals surface area (Å²) in [6.07, 6.45) is -1.23. The Morgan fingerprint density at radius 1 is 1.38 bits per heavy atom. The van der Waals surface area contributed by atoms with Crippen LogP contribution in [0.2, 0.25) is 0 Å². The van der Waals surface area contributed by atoms with Crippen LogP contribution in [0.1, 0.15) is 28.7 Å². The summed E-state index contributed by atoms with van der Waals surface area (Å²) in [5.74, 6) is -1.95. The number of rotatable bonds is 4. The fraction of sp³-hybridized carbons (Fsp3) is 0.385. The van der Waals surface area contributed by atoms with Crippen molar-refractivity contribution in [2.45, 2.75) is 32.9 Å². The van der Waals surface area contributed by atoms with Crippen molar-refractivity contribution in [2.24, 2.45) is 0 Å². The zero-order chi connectivity index (χ0) is 15.7. The number of carboxylic acid groups (broad SMARTS) is 1. The minimum Gasteiger partial charge on any atom is -0.480 e. The summed E-state index contributed by atoms with van der Waals surface area (Å²) in [7, 11) is 0. The van der Waals surface area contributed by atoms with Crippen molar-refractivity contribution in [3.63, 3.8) is 0 Å². The van der Waals surface area contributed by atoms with E-state index in [0.29, 0.717) is 16.8 Å². The number of aliphatic hydroxyl groups excluding tert-OH is 1. The topological polar surface area (TPSA) is 126 Å². The standard InChI is InChI=1S/C13H15N3O5/c1-5-4-8(9-6(2)16-21-12(9)14-5)11(18)15-10(7(3)17)13(19)20/h4,7,10,17H,1-3H3,(H,15,18)(H,19,20). The van der Waals surface area contributed by atoms with Crippen molar-refractivity contribution in [1.29, 1.82) is 0 Å². The third kappa shape index (κ3) is 2.84. The molecule has 0 aromatic carbocycles. The van der Waals surface area contributed by atoms with Crippen LogP contribution in [-0.4, -0.2) is 44.4 Å². The van der Waals surface area contributed by atoms with E-state index in [1.165, 1.54) is 13.0 Å². The maximum Gasteiger partial charge on any atom is 0.328 e. The minimum atomic E-state index is -1.40. The van der Waals surface area contributed by atoms with Crippen molar-refractivity contribution >= 4 is 23.0 Å². The Bertz CT molecular complexity index is 707. The molecule has 0 bridgehead atoms. The van der Waals surface area contributed by atoms with Crippen molar-refractivity contribution in [3.8, 4) is 0 Å². The molecule has 0 saturated heterocycles. The first-order valence-electron chi connectivity index (χ1n) is 6.26. The Kier molecular flexibility index (Phi) is 3.90. The van der Waals surface area contributed by atoms with Gasteiger partial charge in [0.15, 0.2) is 6.04 Å². The smallest absolute Gasteiger partial charge is 0.328 e. The number of hydrogen-bond acceptors (Lipinski definition) is 6. The van der Waals surface area contributed by atoms with E-state index in [4.69, 9.17) is 9.63 Å². The summed E-state index contributed by atoms with van der Waals surface area (Å²) in [5, 5.41) is 24.9. The third-order valence-electron chi connectivity index (χ3n) is 3.02. The van der Waals surface area contributed by atoms with Gasteiger partial charge >= 0.3 is 5.97 Å². The highest BCUT2D eigenvalue weighted by atomic mass is 16.5. The second kappa shape index (κ2) is 5.49. The van der Waals surface area contributed by atoms with Gasteiger partial charge in [-0.2, -0.15) is 0 Å². The molecule has 112 valence electrons. The van der Waals surface area contributed by atoms with Gasteiger partial charge in [-0.1, -0.05) is 5.16 Å². The van der Waals surface area contributed by atoms with Crippen molar-refractivity contribution in [3.05, 3.63) is 23.0 Å². The molecule has 0 aliphatic heterocycles. The van der Waals surface area contributed by atoms with Gasteiger partial charge < -0.3 is 20.1 Å². The molecule has 0 radical (unpaired) electrons. The highest BCUT2D eigenvalue weighted by Gasteiger charge is 2.27. The van der Waals surface area contributed by atoms with E-state index in [-0.39, 0.29) is 11.3 Å². The van der Waals surface area contributed by atoms with Crippen LogP contribution in [0.3, 0.4) is 0 Å². The van der Waals surface area contributed by atoms with Crippen LogP contribution in [0.5, 0.6) is 0 Å². The number of carbonyl (C=O) groups excluding carboxylic acids is 1. The molecule has 3 N–H and O–H groups in total. The molecule has 21 heavy (non-hydrogen) atoms. The number of carboxylic acids is 1. The maximum absolute atomic E-state index is 12.3. The lowest BCUT2D eigenvalue weighted by molar-refractivity contribution is -0.141. The van der Waals surface area contributed by atoms with Crippen LogP contribution in [0.25, 0.3) is 11.1 Å². The highest BCUT2D eigenvalue weighted by molar-refractivity contribution is 6.07. The number of carbonyl (C=O) groups is 2. The van der Waals surface area contributed by atoms with Crippen LogP contribution < -0.4 is 5.32 Å². The molecule has 0 aliphatic rings. The average molecular weight is 293 g/mol. The Morgan fingerprint density at radius 3 is 2.62 bits per heavy atom. The summed E-state index contributed by atoms with van der Waals surface area (Å²) in [4.78, 5) is 27.4. The molecule has 2 unspecified atom stereocenters. The van der Waals surface area contributed by atoms with E-state index < -0.39 is 24.0 Å². The Morgan fingerprint density at radius 2 is 2.05 bits per heavy atom. The molecule has 2 rings (SSSR count). The number of pyridine rings is 1. The summed E-state index contributed by atoms with van der Waals surface area (Å²) in [6.45, 7) is 4.62. The highest BCUT2D eigenvalue weighted by Crippen LogP contribution is 2.21. The van der Waals surface area contributed by atoms with Gasteiger partial charge in [-0.05, 0) is 26.8 Å². The van der Waals surface area contributed by atoms with Gasteiger partial charge in [-0.3, -0.25) is 4.79 Å². The van der Waals surface area contributed by atoms with Crippen LogP contribution in [0.4, 0.5) is 0 Å². The molecule has 0 fully saturated rings. The van der Waals surface area contributed by atoms with E-state index >= 15 is 0 Å². The Labute approximate surface area is 119 Å². The van der Waals surface area contributed by atoms with E-state index in [1.807, 2.05) is 0 Å². The molecular weight excluding hydrogens is 278 g/mol. The van der Waals surface area contributed by atoms with Crippen molar-refractivity contribution in [2.75, 3.05) is 0 Å². The molecule has 2 atom stereocenters. The lowest BCUT2D eigenvalue weighted by atomic mass is 10.1. The SMILES string of the molecule is Cc1cc(C(=O)NC(C(=O)O)C(C)O)c2c(C)noc2n1. The molecule has 2 aromatic heterocycles. The van der Waals surface area contributed by atoms with E-state index in [2.05, 4.69) is 15.5 Å². The molecule has 0 aliphatic carbocycles. The molecule has 0 spiro atoms. The summed E-state index contributed by atoms with van der Waals surface area (Å²) >= 11 is 0. The molecule has 1 amide bonds. The largest absolute Gasteiger partial charge is 0.480 e. The van der Waals surface area contributed by atoms with E-state index in [1.54, 1.807) is 13.8 Å². The lowest BCUT2D eigenvalue weighted by Gasteiger charge is -2.17. The van der Waals surface area contributed by atoms with E-state index in [0.717, 1.165) is 0 Å². The Hall–Kier alpha value is -2.48. The fourth-order valence-electron chi connectivity index (χ4n) is 2.00. The van der Waals surface area contributed by atoms with Gasteiger partial charge in [-0.25, -0.2) is 9.78 Å². The lowest BCUT2D eigenvalue weighted by Crippen LogP contribution is -2.47. The van der Waals surface area contributed by atoms with Crippen LogP contribution in [0.15, 0.2) is 10.6 Å². The van der Waals surface area contributed by atoms with Crippen molar-refractivity contribution in [1.82, 2.24) is 15.5 Å². The molecule has 8 nitrogen and oxygen atoms in total. The van der Waals surface area contributed by atoms with Gasteiger partial charge in [0, 0.05) is 5.69 Å². The second-order valence-electron chi connectivity index (χ2n) is 4.79. The second-order valence-corrected chi connectivity index (χ2v) is 4.79. The number of hydrogen-bond donors (Lipinski definition) is 3. The average Bonchev–Trinajstić information content (AvgIpc) is 2.75. The molecule has 8 heteroatoms. The number of aliphatic hydroxyl groups is 1. The molecule has 2 aromatic rings. The van der Waals surface area contributed by atoms with Crippen LogP contribution >= 0.6 is 0 Å². The van der Waals surface area contributed by atoms with Crippen molar-refractivity contribution < 1.29 is 24.3 Å². The normalized spacial score (nSPS) is 13.9. The summed E-state index contributed by atoms with van der Waals surface area (Å²) in [5.41, 5.74) is 1.43. The summed E-state index contributed by atoms with van der Waals surface area (Å²) in [6, 6.07) is 0.115. The number of aromatic nitrogens is 2. The first kappa shape index (κ1) is 14.9.